The van der Waals surface area contributed by atoms with E-state index < -0.39 is 0 Å². The number of halogens is 1. The first-order valence-electron chi connectivity index (χ1n) is 5.99. The van der Waals surface area contributed by atoms with Crippen molar-refractivity contribution < 1.29 is 9.90 Å². The maximum absolute atomic E-state index is 11.9. The molecule has 4 heteroatoms. The molecule has 0 saturated carbocycles. The fourth-order valence-electron chi connectivity index (χ4n) is 1.59. The lowest BCUT2D eigenvalue weighted by Gasteiger charge is -2.08. The number of carbonyl (C=O) groups excluding carboxylic acids is 1. The van der Waals surface area contributed by atoms with E-state index in [2.05, 4.69) is 4.99 Å². The van der Waals surface area contributed by atoms with Gasteiger partial charge in [0.25, 0.3) is 0 Å². The van der Waals surface area contributed by atoms with Crippen molar-refractivity contribution in [1.82, 2.24) is 0 Å². The Morgan fingerprint density at radius 3 is 2.50 bits per heavy atom. The number of hydrogen-bond acceptors (Lipinski definition) is 3. The van der Waals surface area contributed by atoms with Gasteiger partial charge in [0.2, 0.25) is 0 Å². The van der Waals surface area contributed by atoms with Gasteiger partial charge in [0.05, 0.1) is 12.6 Å². The molecule has 0 saturated heterocycles. The second-order valence-electron chi connectivity index (χ2n) is 4.22. The minimum atomic E-state index is -0.108. The Kier molecular flexibility index (Phi) is 6.02. The smallest absolute Gasteiger partial charge is 0.168 e. The summed E-state index contributed by atoms with van der Waals surface area (Å²) in [4.78, 5) is 16.3. The molecule has 0 spiro atoms. The summed E-state index contributed by atoms with van der Waals surface area (Å²) in [5.41, 5.74) is 1.38. The van der Waals surface area contributed by atoms with E-state index in [0.29, 0.717) is 10.6 Å². The van der Waals surface area contributed by atoms with Gasteiger partial charge in [-0.3, -0.25) is 9.79 Å². The predicted octanol–water partition coefficient (Wildman–Crippen LogP) is 3.14. The summed E-state index contributed by atoms with van der Waals surface area (Å²) in [5, 5.41) is 9.66. The Morgan fingerprint density at radius 2 is 2.00 bits per heavy atom. The molecule has 1 atom stereocenters. The summed E-state index contributed by atoms with van der Waals surface area (Å²) in [5.74, 6) is 0.0145. The number of hydrogen-bond donors (Lipinski definition) is 1. The third-order valence-electron chi connectivity index (χ3n) is 2.67. The highest BCUT2D eigenvalue weighted by Gasteiger charge is 2.09. The summed E-state index contributed by atoms with van der Waals surface area (Å²) < 4.78 is 0. The molecule has 0 bridgehead atoms. The molecule has 0 aromatic heterocycles. The van der Waals surface area contributed by atoms with Gasteiger partial charge >= 0.3 is 0 Å². The number of aliphatic hydroxyl groups is 1. The van der Waals surface area contributed by atoms with Crippen molar-refractivity contribution in [3.8, 4) is 0 Å². The van der Waals surface area contributed by atoms with Crippen LogP contribution >= 0.6 is 11.6 Å². The molecule has 18 heavy (non-hydrogen) atoms. The van der Waals surface area contributed by atoms with E-state index in [4.69, 9.17) is 16.7 Å². The number of benzene rings is 1. The highest BCUT2D eigenvalue weighted by atomic mass is 35.5. The van der Waals surface area contributed by atoms with Crippen molar-refractivity contribution >= 4 is 23.1 Å². The van der Waals surface area contributed by atoms with Crippen LogP contribution in [0.1, 0.15) is 37.0 Å². The van der Waals surface area contributed by atoms with Gasteiger partial charge in [0.15, 0.2) is 5.78 Å². The van der Waals surface area contributed by atoms with Crippen molar-refractivity contribution in [3.05, 3.63) is 34.9 Å². The molecule has 0 unspecified atom stereocenters. The lowest BCUT2D eigenvalue weighted by atomic mass is 10.1. The number of carbonyl (C=O) groups is 1. The van der Waals surface area contributed by atoms with Crippen LogP contribution in [0.2, 0.25) is 5.02 Å². The SMILES string of the molecule is CC[C@@H](CO)N=C(C)CC(=O)c1ccc(Cl)cc1. The molecule has 1 aromatic rings. The maximum Gasteiger partial charge on any atom is 0.168 e. The van der Waals surface area contributed by atoms with E-state index >= 15 is 0 Å². The minimum absolute atomic E-state index is 0.0145. The summed E-state index contributed by atoms with van der Waals surface area (Å²) in [6.45, 7) is 3.79. The number of rotatable bonds is 6. The second kappa shape index (κ2) is 7.29. The Morgan fingerprint density at radius 1 is 1.39 bits per heavy atom. The average molecular weight is 268 g/mol. The lowest BCUT2D eigenvalue weighted by Crippen LogP contribution is -2.13. The largest absolute Gasteiger partial charge is 0.394 e. The van der Waals surface area contributed by atoms with Crippen molar-refractivity contribution in [1.29, 1.82) is 0 Å². The third kappa shape index (κ3) is 4.59. The molecule has 1 N–H and O–H groups in total. The molecule has 0 radical (unpaired) electrons. The summed E-state index contributed by atoms with van der Waals surface area (Å²) in [7, 11) is 0. The maximum atomic E-state index is 11.9. The normalized spacial score (nSPS) is 13.4. The van der Waals surface area contributed by atoms with Crippen LogP contribution < -0.4 is 0 Å². The first-order valence-corrected chi connectivity index (χ1v) is 6.37. The van der Waals surface area contributed by atoms with Crippen LogP contribution in [0.25, 0.3) is 0 Å². The van der Waals surface area contributed by atoms with Gasteiger partial charge < -0.3 is 5.11 Å². The summed E-state index contributed by atoms with van der Waals surface area (Å²) in [6, 6.07) is 6.71. The van der Waals surface area contributed by atoms with Crippen molar-refractivity contribution in [2.45, 2.75) is 32.7 Å². The zero-order chi connectivity index (χ0) is 13.5. The quantitative estimate of drug-likeness (QED) is 0.636. The van der Waals surface area contributed by atoms with Gasteiger partial charge in [0.1, 0.15) is 0 Å². The first kappa shape index (κ1) is 14.9. The number of ketones is 1. The van der Waals surface area contributed by atoms with E-state index in [9.17, 15) is 4.79 Å². The van der Waals surface area contributed by atoms with Crippen LogP contribution in [0.15, 0.2) is 29.3 Å². The van der Waals surface area contributed by atoms with Crippen molar-refractivity contribution in [3.63, 3.8) is 0 Å². The molecule has 0 aliphatic heterocycles. The molecular weight excluding hydrogens is 250 g/mol. The van der Waals surface area contributed by atoms with Gasteiger partial charge in [-0.1, -0.05) is 18.5 Å². The number of nitrogens with zero attached hydrogens (tertiary/aromatic N) is 1. The lowest BCUT2D eigenvalue weighted by molar-refractivity contribution is 0.100. The molecule has 3 nitrogen and oxygen atoms in total. The highest BCUT2D eigenvalue weighted by molar-refractivity contribution is 6.30. The molecule has 0 aliphatic rings. The van der Waals surface area contributed by atoms with Crippen LogP contribution in [0.3, 0.4) is 0 Å². The number of aliphatic hydroxyl groups excluding tert-OH is 1. The van der Waals surface area contributed by atoms with Gasteiger partial charge in [0, 0.05) is 22.7 Å². The Labute approximate surface area is 113 Å². The Balaban J connectivity index is 2.67. The summed E-state index contributed by atoms with van der Waals surface area (Å²) >= 11 is 5.77. The summed E-state index contributed by atoms with van der Waals surface area (Å²) in [6.07, 6.45) is 1.04. The Bertz CT molecular complexity index is 422. The van der Waals surface area contributed by atoms with Gasteiger partial charge in [-0.05, 0) is 37.6 Å². The van der Waals surface area contributed by atoms with Crippen LogP contribution in [0.5, 0.6) is 0 Å². The average Bonchev–Trinajstić information content (AvgIpc) is 2.36. The van der Waals surface area contributed by atoms with E-state index in [0.717, 1.165) is 12.1 Å². The van der Waals surface area contributed by atoms with Gasteiger partial charge in [-0.2, -0.15) is 0 Å². The van der Waals surface area contributed by atoms with E-state index in [1.807, 2.05) is 13.8 Å². The number of Topliss-reactive ketones (excluding diaryl/α,β-unsaturated/α-hetero) is 1. The molecular formula is C14H18ClNO2. The van der Waals surface area contributed by atoms with Crippen LogP contribution in [0, 0.1) is 0 Å². The molecule has 98 valence electrons. The monoisotopic (exact) mass is 267 g/mol. The molecule has 1 aromatic carbocycles. The molecule has 0 amide bonds. The molecule has 0 fully saturated rings. The van der Waals surface area contributed by atoms with E-state index in [-0.39, 0.29) is 24.9 Å². The van der Waals surface area contributed by atoms with E-state index in [1.165, 1.54) is 0 Å². The van der Waals surface area contributed by atoms with Gasteiger partial charge in [-0.25, -0.2) is 0 Å². The van der Waals surface area contributed by atoms with Crippen LogP contribution in [-0.4, -0.2) is 29.3 Å². The topological polar surface area (TPSA) is 49.7 Å². The third-order valence-corrected chi connectivity index (χ3v) is 2.92. The fraction of sp³-hybridized carbons (Fsp3) is 0.429. The van der Waals surface area contributed by atoms with Crippen molar-refractivity contribution in [2.24, 2.45) is 4.99 Å². The van der Waals surface area contributed by atoms with Crippen molar-refractivity contribution in [2.75, 3.05) is 6.61 Å². The number of aliphatic imine (C=N–C) groups is 1. The second-order valence-corrected chi connectivity index (χ2v) is 4.65. The zero-order valence-electron chi connectivity index (χ0n) is 10.7. The first-order chi connectivity index (χ1) is 8.56. The molecule has 0 heterocycles. The molecule has 0 aliphatic carbocycles. The minimum Gasteiger partial charge on any atom is -0.394 e. The van der Waals surface area contributed by atoms with Crippen LogP contribution in [0.4, 0.5) is 0 Å². The van der Waals surface area contributed by atoms with Gasteiger partial charge in [-0.15, -0.1) is 0 Å². The van der Waals surface area contributed by atoms with E-state index in [1.54, 1.807) is 24.3 Å². The Hall–Kier alpha value is -1.19. The van der Waals surface area contributed by atoms with Crippen LogP contribution in [-0.2, 0) is 0 Å². The molecule has 1 rings (SSSR count). The zero-order valence-corrected chi connectivity index (χ0v) is 11.4. The predicted molar refractivity (Wildman–Crippen MR) is 74.7 cm³/mol. The standard InChI is InChI=1S/C14H18ClNO2/c1-3-13(9-17)16-10(2)8-14(18)11-4-6-12(15)7-5-11/h4-7,13,17H,3,8-9H2,1-2H3/t13-/m0/s1. The highest BCUT2D eigenvalue weighted by Crippen LogP contribution is 2.11. The fourth-order valence-corrected chi connectivity index (χ4v) is 1.71.